The number of fused-ring (bicyclic) bond motifs is 1. The van der Waals surface area contributed by atoms with E-state index < -0.39 is 6.04 Å². The van der Waals surface area contributed by atoms with Crippen molar-refractivity contribution in [3.8, 4) is 5.75 Å². The molecule has 100 valence electrons. The summed E-state index contributed by atoms with van der Waals surface area (Å²) >= 11 is 0. The van der Waals surface area contributed by atoms with Gasteiger partial charge in [-0.05, 0) is 18.1 Å². The van der Waals surface area contributed by atoms with Gasteiger partial charge in [0.2, 0.25) is 5.89 Å². The Bertz CT molecular complexity index is 570. The Kier molecular flexibility index (Phi) is 3.18. The molecule has 6 heteroatoms. The summed E-state index contributed by atoms with van der Waals surface area (Å²) in [6.07, 6.45) is 0.798. The number of rotatable bonds is 3. The van der Waals surface area contributed by atoms with Crippen molar-refractivity contribution in [1.82, 2.24) is 10.1 Å². The number of nitrogens with two attached hydrogens (primary N) is 1. The predicted octanol–water partition coefficient (Wildman–Crippen LogP) is 0.780. The van der Waals surface area contributed by atoms with Crippen LogP contribution in [0.1, 0.15) is 29.2 Å². The molecule has 0 saturated carbocycles. The normalized spacial score (nSPS) is 19.6. The molecule has 6 nitrogen and oxygen atoms in total. The number of aliphatic hydroxyl groups excluding tert-OH is 1. The molecule has 3 N–H and O–H groups in total. The zero-order chi connectivity index (χ0) is 13.2. The van der Waals surface area contributed by atoms with E-state index in [9.17, 15) is 0 Å². The van der Waals surface area contributed by atoms with Crippen LogP contribution in [0.2, 0.25) is 0 Å². The fourth-order valence-corrected chi connectivity index (χ4v) is 2.13. The zero-order valence-electron chi connectivity index (χ0n) is 10.3. The summed E-state index contributed by atoms with van der Waals surface area (Å²) in [6.45, 7) is 0.302. The molecule has 1 aliphatic rings. The Morgan fingerprint density at radius 3 is 3.11 bits per heavy atom. The number of aliphatic hydroxyl groups is 1. The summed E-state index contributed by atoms with van der Waals surface area (Å²) in [4.78, 5) is 4.23. The maximum Gasteiger partial charge on any atom is 0.233 e. The van der Waals surface area contributed by atoms with Crippen LogP contribution in [0.4, 0.5) is 0 Å². The number of hydrogen-bond donors (Lipinski definition) is 2. The SMILES string of the molecule is NC(CO)c1noc(C2COc3ccccc3C2)n1. The molecular weight excluding hydrogens is 246 g/mol. The molecule has 2 aromatic rings. The third-order valence-corrected chi connectivity index (χ3v) is 3.21. The van der Waals surface area contributed by atoms with Crippen molar-refractivity contribution < 1.29 is 14.4 Å². The van der Waals surface area contributed by atoms with Crippen LogP contribution in [0.5, 0.6) is 5.75 Å². The first-order valence-corrected chi connectivity index (χ1v) is 6.18. The minimum Gasteiger partial charge on any atom is -0.492 e. The molecule has 0 amide bonds. The first-order chi connectivity index (χ1) is 9.28. The fraction of sp³-hybridized carbons (Fsp3) is 0.385. The van der Waals surface area contributed by atoms with Crippen LogP contribution < -0.4 is 10.5 Å². The van der Waals surface area contributed by atoms with Gasteiger partial charge < -0.3 is 20.1 Å². The number of para-hydroxylation sites is 1. The minimum absolute atomic E-state index is 0.0297. The van der Waals surface area contributed by atoms with Gasteiger partial charge in [0.05, 0.1) is 18.6 Å². The molecule has 0 fully saturated rings. The second-order valence-corrected chi connectivity index (χ2v) is 4.60. The van der Waals surface area contributed by atoms with E-state index in [1.807, 2.05) is 24.3 Å². The molecule has 0 aliphatic carbocycles. The predicted molar refractivity (Wildman–Crippen MR) is 66.7 cm³/mol. The van der Waals surface area contributed by atoms with Crippen molar-refractivity contribution in [2.45, 2.75) is 18.4 Å². The molecule has 1 aliphatic heterocycles. The highest BCUT2D eigenvalue weighted by Crippen LogP contribution is 2.31. The number of ether oxygens (including phenoxy) is 1. The quantitative estimate of drug-likeness (QED) is 0.848. The van der Waals surface area contributed by atoms with Crippen molar-refractivity contribution >= 4 is 0 Å². The summed E-state index contributed by atoms with van der Waals surface area (Å²) in [5.41, 5.74) is 6.78. The highest BCUT2D eigenvalue weighted by Gasteiger charge is 2.26. The Hall–Kier alpha value is -1.92. The van der Waals surface area contributed by atoms with Crippen LogP contribution >= 0.6 is 0 Å². The summed E-state index contributed by atoms with van der Waals surface area (Å²) < 4.78 is 10.9. The molecule has 0 spiro atoms. The average Bonchev–Trinajstić information content (AvgIpc) is 2.95. The Labute approximate surface area is 110 Å². The molecule has 2 heterocycles. The van der Waals surface area contributed by atoms with Crippen LogP contribution in [-0.4, -0.2) is 28.5 Å². The maximum absolute atomic E-state index is 8.97. The molecule has 0 saturated heterocycles. The number of nitrogens with zero attached hydrogens (tertiary/aromatic N) is 2. The lowest BCUT2D eigenvalue weighted by molar-refractivity contribution is 0.229. The molecule has 2 unspecified atom stereocenters. The third-order valence-electron chi connectivity index (χ3n) is 3.21. The average molecular weight is 261 g/mol. The Morgan fingerprint density at radius 1 is 1.42 bits per heavy atom. The molecular formula is C13H15N3O3. The zero-order valence-corrected chi connectivity index (χ0v) is 10.3. The van der Waals surface area contributed by atoms with E-state index in [2.05, 4.69) is 10.1 Å². The summed E-state index contributed by atoms with van der Waals surface area (Å²) in [5.74, 6) is 1.78. The lowest BCUT2D eigenvalue weighted by Crippen LogP contribution is -2.20. The van der Waals surface area contributed by atoms with Crippen molar-refractivity contribution in [2.24, 2.45) is 5.73 Å². The lowest BCUT2D eigenvalue weighted by Gasteiger charge is -2.22. The smallest absolute Gasteiger partial charge is 0.233 e. The van der Waals surface area contributed by atoms with E-state index in [0.717, 1.165) is 17.7 Å². The van der Waals surface area contributed by atoms with E-state index in [0.29, 0.717) is 18.3 Å². The van der Waals surface area contributed by atoms with E-state index in [4.69, 9.17) is 20.1 Å². The Balaban J connectivity index is 1.79. The van der Waals surface area contributed by atoms with E-state index in [-0.39, 0.29) is 12.5 Å². The van der Waals surface area contributed by atoms with Gasteiger partial charge in [-0.1, -0.05) is 23.4 Å². The maximum atomic E-state index is 8.97. The van der Waals surface area contributed by atoms with Crippen LogP contribution in [0.25, 0.3) is 0 Å². The lowest BCUT2D eigenvalue weighted by atomic mass is 9.97. The monoisotopic (exact) mass is 261 g/mol. The van der Waals surface area contributed by atoms with Crippen molar-refractivity contribution in [2.75, 3.05) is 13.2 Å². The van der Waals surface area contributed by atoms with Crippen molar-refractivity contribution in [3.63, 3.8) is 0 Å². The van der Waals surface area contributed by atoms with Gasteiger partial charge in [0, 0.05) is 0 Å². The molecule has 0 bridgehead atoms. The van der Waals surface area contributed by atoms with Crippen molar-refractivity contribution in [3.05, 3.63) is 41.5 Å². The third kappa shape index (κ3) is 2.32. The van der Waals surface area contributed by atoms with Gasteiger partial charge in [0.25, 0.3) is 0 Å². The second-order valence-electron chi connectivity index (χ2n) is 4.60. The molecule has 19 heavy (non-hydrogen) atoms. The molecule has 2 atom stereocenters. The topological polar surface area (TPSA) is 94.4 Å². The molecule has 0 radical (unpaired) electrons. The van der Waals surface area contributed by atoms with Gasteiger partial charge in [-0.15, -0.1) is 0 Å². The number of aromatic nitrogens is 2. The Morgan fingerprint density at radius 2 is 2.26 bits per heavy atom. The molecule has 1 aromatic heterocycles. The first-order valence-electron chi connectivity index (χ1n) is 6.18. The highest BCUT2D eigenvalue weighted by molar-refractivity contribution is 5.36. The van der Waals surface area contributed by atoms with Crippen LogP contribution in [0.15, 0.2) is 28.8 Å². The van der Waals surface area contributed by atoms with Crippen LogP contribution in [0.3, 0.4) is 0 Å². The van der Waals surface area contributed by atoms with Gasteiger partial charge >= 0.3 is 0 Å². The molecule has 3 rings (SSSR count). The standard InChI is InChI=1S/C13H15N3O3/c14-10(6-17)12-15-13(19-16-12)9-5-8-3-1-2-4-11(8)18-7-9/h1-4,9-10,17H,5-7,14H2. The van der Waals surface area contributed by atoms with Gasteiger partial charge in [-0.3, -0.25) is 0 Å². The summed E-state index contributed by atoms with van der Waals surface area (Å²) in [6, 6.07) is 7.30. The van der Waals surface area contributed by atoms with Crippen LogP contribution in [-0.2, 0) is 6.42 Å². The highest BCUT2D eigenvalue weighted by atomic mass is 16.5. The molecule has 1 aromatic carbocycles. The van der Waals surface area contributed by atoms with Gasteiger partial charge in [-0.25, -0.2) is 0 Å². The van der Waals surface area contributed by atoms with E-state index >= 15 is 0 Å². The number of hydrogen-bond acceptors (Lipinski definition) is 6. The summed E-state index contributed by atoms with van der Waals surface area (Å²) in [7, 11) is 0. The van der Waals surface area contributed by atoms with Gasteiger partial charge in [-0.2, -0.15) is 4.98 Å². The second kappa shape index (κ2) is 4.99. The minimum atomic E-state index is -0.603. The van der Waals surface area contributed by atoms with Gasteiger partial charge in [0.15, 0.2) is 5.82 Å². The van der Waals surface area contributed by atoms with Crippen LogP contribution in [0, 0.1) is 0 Å². The van der Waals surface area contributed by atoms with E-state index in [1.165, 1.54) is 0 Å². The fourth-order valence-electron chi connectivity index (χ4n) is 2.13. The largest absolute Gasteiger partial charge is 0.492 e. The van der Waals surface area contributed by atoms with Crippen molar-refractivity contribution in [1.29, 1.82) is 0 Å². The first kappa shape index (κ1) is 12.1. The van der Waals surface area contributed by atoms with E-state index in [1.54, 1.807) is 0 Å². The van der Waals surface area contributed by atoms with Gasteiger partial charge in [0.1, 0.15) is 12.4 Å². The summed E-state index contributed by atoms with van der Waals surface area (Å²) in [5, 5.41) is 12.8. The number of benzene rings is 1.